The van der Waals surface area contributed by atoms with Crippen molar-refractivity contribution in [1.29, 1.82) is 0 Å². The molecule has 0 unspecified atom stereocenters. The van der Waals surface area contributed by atoms with Crippen molar-refractivity contribution in [3.63, 3.8) is 0 Å². The van der Waals surface area contributed by atoms with Gasteiger partial charge in [-0.15, -0.1) is 11.8 Å². The van der Waals surface area contributed by atoms with Crippen LogP contribution in [0.2, 0.25) is 0 Å². The Morgan fingerprint density at radius 2 is 2.12 bits per heavy atom. The van der Waals surface area contributed by atoms with Crippen molar-refractivity contribution < 1.29 is 23.9 Å². The second-order valence-electron chi connectivity index (χ2n) is 6.53. The van der Waals surface area contributed by atoms with Gasteiger partial charge in [-0.05, 0) is 19.3 Å². The van der Waals surface area contributed by atoms with Crippen LogP contribution in [-0.2, 0) is 19.1 Å². The molecule has 2 aliphatic heterocycles. The summed E-state index contributed by atoms with van der Waals surface area (Å²) in [5, 5.41) is 4.62. The molecule has 2 fully saturated rings. The zero-order valence-electron chi connectivity index (χ0n) is 14.1. The molecule has 24 heavy (non-hydrogen) atoms. The van der Waals surface area contributed by atoms with Gasteiger partial charge in [0.25, 0.3) is 5.91 Å². The number of hydrogen-bond acceptors (Lipinski definition) is 6. The van der Waals surface area contributed by atoms with E-state index in [-0.39, 0.29) is 16.7 Å². The summed E-state index contributed by atoms with van der Waals surface area (Å²) >= 11 is 1.55. The predicted octanol–water partition coefficient (Wildman–Crippen LogP) is 0.465. The number of ether oxygens (including phenoxy) is 1. The highest BCUT2D eigenvalue weighted by Crippen LogP contribution is 2.47. The first kappa shape index (κ1) is 18.6. The van der Waals surface area contributed by atoms with E-state index in [1.54, 1.807) is 16.7 Å². The summed E-state index contributed by atoms with van der Waals surface area (Å²) in [6.45, 7) is 5.68. The van der Waals surface area contributed by atoms with Crippen molar-refractivity contribution >= 4 is 35.6 Å². The van der Waals surface area contributed by atoms with Crippen molar-refractivity contribution in [2.75, 3.05) is 18.9 Å². The second-order valence-corrected chi connectivity index (χ2v) is 8.03. The van der Waals surface area contributed by atoms with Gasteiger partial charge in [0.05, 0.1) is 4.87 Å². The SMILES string of the molecule is CC(C)CNC(=O)NC(=O)COC(=O)[C@@H]1CS[C@@]2(C)CCC(=O)N12. The minimum absolute atomic E-state index is 0.0676. The summed E-state index contributed by atoms with van der Waals surface area (Å²) in [6, 6.07) is -1.29. The van der Waals surface area contributed by atoms with Crippen LogP contribution in [0.15, 0.2) is 0 Å². The van der Waals surface area contributed by atoms with Crippen molar-refractivity contribution in [1.82, 2.24) is 15.5 Å². The average molecular weight is 357 g/mol. The monoisotopic (exact) mass is 357 g/mol. The van der Waals surface area contributed by atoms with Crippen LogP contribution in [-0.4, -0.2) is 58.5 Å². The minimum Gasteiger partial charge on any atom is -0.454 e. The van der Waals surface area contributed by atoms with Crippen LogP contribution >= 0.6 is 11.8 Å². The normalized spacial score (nSPS) is 25.6. The summed E-state index contributed by atoms with van der Waals surface area (Å²) in [5.74, 6) is -0.666. The van der Waals surface area contributed by atoms with Crippen molar-refractivity contribution in [3.05, 3.63) is 0 Å². The topological polar surface area (TPSA) is 105 Å². The third-order valence-corrected chi connectivity index (χ3v) is 5.49. The molecule has 2 heterocycles. The maximum absolute atomic E-state index is 12.2. The van der Waals surface area contributed by atoms with Crippen LogP contribution in [0.3, 0.4) is 0 Å². The van der Waals surface area contributed by atoms with Gasteiger partial charge in [0.2, 0.25) is 5.91 Å². The molecule has 0 aromatic heterocycles. The number of fused-ring (bicyclic) bond motifs is 1. The van der Waals surface area contributed by atoms with Crippen molar-refractivity contribution in [3.8, 4) is 0 Å². The number of nitrogens with zero attached hydrogens (tertiary/aromatic N) is 1. The Kier molecular flexibility index (Phi) is 5.74. The molecule has 2 aliphatic rings. The number of imide groups is 1. The van der Waals surface area contributed by atoms with Gasteiger partial charge < -0.3 is 15.0 Å². The fourth-order valence-corrected chi connectivity index (χ4v) is 4.15. The van der Waals surface area contributed by atoms with Crippen LogP contribution in [0.25, 0.3) is 0 Å². The maximum Gasteiger partial charge on any atom is 0.330 e. The highest BCUT2D eigenvalue weighted by Gasteiger charge is 2.53. The van der Waals surface area contributed by atoms with E-state index in [0.717, 1.165) is 0 Å². The minimum atomic E-state index is -0.703. The lowest BCUT2D eigenvalue weighted by Crippen LogP contribution is -2.47. The number of thioether (sulfide) groups is 1. The number of urea groups is 1. The number of rotatable bonds is 5. The zero-order valence-corrected chi connectivity index (χ0v) is 14.9. The van der Waals surface area contributed by atoms with Crippen LogP contribution in [0, 0.1) is 5.92 Å². The molecule has 2 rings (SSSR count). The number of carbonyl (C=O) groups excluding carboxylic acids is 4. The first-order valence-corrected chi connectivity index (χ1v) is 8.92. The Hall–Kier alpha value is -1.77. The van der Waals surface area contributed by atoms with Gasteiger partial charge in [0, 0.05) is 18.7 Å². The third-order valence-electron chi connectivity index (χ3n) is 3.99. The molecule has 0 aliphatic carbocycles. The quantitative estimate of drug-likeness (QED) is 0.693. The van der Waals surface area contributed by atoms with Crippen LogP contribution in [0.5, 0.6) is 0 Å². The van der Waals surface area contributed by atoms with E-state index in [1.165, 1.54) is 0 Å². The van der Waals surface area contributed by atoms with Gasteiger partial charge in [-0.25, -0.2) is 9.59 Å². The molecule has 0 radical (unpaired) electrons. The Labute approximate surface area is 145 Å². The smallest absolute Gasteiger partial charge is 0.330 e. The first-order valence-electron chi connectivity index (χ1n) is 7.93. The van der Waals surface area contributed by atoms with Gasteiger partial charge in [0.1, 0.15) is 6.04 Å². The van der Waals surface area contributed by atoms with Gasteiger partial charge in [-0.3, -0.25) is 14.9 Å². The molecule has 0 bridgehead atoms. The standard InChI is InChI=1S/C15H23N3O5S/c1-9(2)6-16-14(22)17-11(19)7-23-13(21)10-8-24-15(3)5-4-12(20)18(10)15/h9-10H,4-8H2,1-3H3,(H2,16,17,19,22)/t10-,15-/m0/s1. The Morgan fingerprint density at radius 1 is 1.42 bits per heavy atom. The van der Waals surface area contributed by atoms with E-state index >= 15 is 0 Å². The molecule has 0 aromatic rings. The Balaban J connectivity index is 1.78. The lowest BCUT2D eigenvalue weighted by Gasteiger charge is -2.29. The summed E-state index contributed by atoms with van der Waals surface area (Å²) in [4.78, 5) is 48.4. The highest BCUT2D eigenvalue weighted by molar-refractivity contribution is 8.01. The summed E-state index contributed by atoms with van der Waals surface area (Å²) < 4.78 is 4.98. The molecule has 2 atom stereocenters. The molecule has 9 heteroatoms. The van der Waals surface area contributed by atoms with Gasteiger partial charge in [0.15, 0.2) is 6.61 Å². The summed E-state index contributed by atoms with van der Waals surface area (Å²) in [6.07, 6.45) is 1.13. The van der Waals surface area contributed by atoms with E-state index in [4.69, 9.17) is 4.74 Å². The summed E-state index contributed by atoms with van der Waals surface area (Å²) in [7, 11) is 0. The lowest BCUT2D eigenvalue weighted by molar-refractivity contribution is -0.156. The Bertz CT molecular complexity index is 553. The van der Waals surface area contributed by atoms with Crippen LogP contribution in [0.4, 0.5) is 4.79 Å². The van der Waals surface area contributed by atoms with E-state index < -0.39 is 30.6 Å². The molecule has 0 aromatic carbocycles. The maximum atomic E-state index is 12.2. The lowest BCUT2D eigenvalue weighted by atomic mass is 10.2. The molecule has 2 N–H and O–H groups in total. The first-order chi connectivity index (χ1) is 11.2. The van der Waals surface area contributed by atoms with Gasteiger partial charge in [-0.2, -0.15) is 0 Å². The predicted molar refractivity (Wildman–Crippen MR) is 88.1 cm³/mol. The zero-order chi connectivity index (χ0) is 17.9. The number of hydrogen-bond donors (Lipinski definition) is 2. The Morgan fingerprint density at radius 3 is 2.79 bits per heavy atom. The van der Waals surface area contributed by atoms with Crippen LogP contribution < -0.4 is 10.6 Å². The highest BCUT2D eigenvalue weighted by atomic mass is 32.2. The van der Waals surface area contributed by atoms with Gasteiger partial charge in [-0.1, -0.05) is 13.8 Å². The summed E-state index contributed by atoms with van der Waals surface area (Å²) in [5.41, 5.74) is 0. The number of amides is 4. The fourth-order valence-electron chi connectivity index (χ4n) is 2.73. The number of carbonyl (C=O) groups is 4. The molecule has 134 valence electrons. The molecule has 2 saturated heterocycles. The average Bonchev–Trinajstić information content (AvgIpc) is 2.99. The van der Waals surface area contributed by atoms with Gasteiger partial charge >= 0.3 is 12.0 Å². The van der Waals surface area contributed by atoms with Crippen LogP contribution in [0.1, 0.15) is 33.6 Å². The largest absolute Gasteiger partial charge is 0.454 e. The van der Waals surface area contributed by atoms with Crippen molar-refractivity contribution in [2.24, 2.45) is 5.92 Å². The second kappa shape index (κ2) is 7.42. The molecular weight excluding hydrogens is 334 g/mol. The third kappa shape index (κ3) is 4.19. The van der Waals surface area contributed by atoms with Crippen molar-refractivity contribution in [2.45, 2.75) is 44.5 Å². The van der Waals surface area contributed by atoms with E-state index in [1.807, 2.05) is 20.8 Å². The number of esters is 1. The van der Waals surface area contributed by atoms with E-state index in [0.29, 0.717) is 25.1 Å². The molecule has 4 amide bonds. The fraction of sp³-hybridized carbons (Fsp3) is 0.733. The molecule has 8 nitrogen and oxygen atoms in total. The van der Waals surface area contributed by atoms with E-state index in [2.05, 4.69) is 10.6 Å². The molecular formula is C15H23N3O5S. The number of nitrogens with one attached hydrogen (secondary N) is 2. The molecule has 0 spiro atoms. The molecule has 0 saturated carbocycles. The van der Waals surface area contributed by atoms with E-state index in [9.17, 15) is 19.2 Å².